The summed E-state index contributed by atoms with van der Waals surface area (Å²) in [5.41, 5.74) is 3.78. The summed E-state index contributed by atoms with van der Waals surface area (Å²) in [4.78, 5) is 28.4. The SMILES string of the molecule is CC1=CC=CCC1NC(=O)C(Cc1ccc(N2CCOCC2)cc1)NC(=O)c1ccccc1. The number of anilines is 1. The van der Waals surface area contributed by atoms with Crippen molar-refractivity contribution in [1.82, 2.24) is 10.6 Å². The van der Waals surface area contributed by atoms with Gasteiger partial charge in [0.2, 0.25) is 5.91 Å². The highest BCUT2D eigenvalue weighted by molar-refractivity contribution is 5.97. The van der Waals surface area contributed by atoms with E-state index in [-0.39, 0.29) is 17.9 Å². The number of ether oxygens (including phenoxy) is 1. The van der Waals surface area contributed by atoms with Gasteiger partial charge in [0.25, 0.3) is 5.91 Å². The second kappa shape index (κ2) is 11.0. The average Bonchev–Trinajstić information content (AvgIpc) is 2.86. The topological polar surface area (TPSA) is 70.7 Å². The highest BCUT2D eigenvalue weighted by Gasteiger charge is 2.25. The first-order valence-electron chi connectivity index (χ1n) is 11.5. The first kappa shape index (κ1) is 22.8. The number of nitrogens with zero attached hydrogens (tertiary/aromatic N) is 1. The van der Waals surface area contributed by atoms with E-state index in [1.54, 1.807) is 12.1 Å². The number of hydrogen-bond acceptors (Lipinski definition) is 4. The van der Waals surface area contributed by atoms with Crippen molar-refractivity contribution in [2.75, 3.05) is 31.2 Å². The molecular weight excluding hydrogens is 414 g/mol. The molecule has 2 N–H and O–H groups in total. The fraction of sp³-hybridized carbons (Fsp3) is 0.333. The number of benzene rings is 2. The van der Waals surface area contributed by atoms with Crippen LogP contribution in [0.2, 0.25) is 0 Å². The van der Waals surface area contributed by atoms with Gasteiger partial charge < -0.3 is 20.3 Å². The molecular formula is C27H31N3O3. The average molecular weight is 446 g/mol. The number of allylic oxidation sites excluding steroid dienone is 2. The Kier molecular flexibility index (Phi) is 7.58. The Morgan fingerprint density at radius 3 is 2.48 bits per heavy atom. The molecule has 2 unspecified atom stereocenters. The van der Waals surface area contributed by atoms with Crippen LogP contribution in [0.3, 0.4) is 0 Å². The van der Waals surface area contributed by atoms with Gasteiger partial charge in [-0.3, -0.25) is 9.59 Å². The third-order valence-electron chi connectivity index (χ3n) is 6.14. The molecule has 33 heavy (non-hydrogen) atoms. The molecule has 1 aliphatic carbocycles. The molecule has 2 aromatic carbocycles. The van der Waals surface area contributed by atoms with Gasteiger partial charge in [0.05, 0.1) is 19.3 Å². The molecule has 6 nitrogen and oxygen atoms in total. The van der Waals surface area contributed by atoms with E-state index in [4.69, 9.17) is 4.74 Å². The summed E-state index contributed by atoms with van der Waals surface area (Å²) in [6, 6.07) is 16.5. The van der Waals surface area contributed by atoms with E-state index in [0.717, 1.165) is 49.5 Å². The highest BCUT2D eigenvalue weighted by Crippen LogP contribution is 2.18. The van der Waals surface area contributed by atoms with Crippen LogP contribution in [-0.4, -0.2) is 50.2 Å². The molecule has 2 atom stereocenters. The van der Waals surface area contributed by atoms with Crippen molar-refractivity contribution in [2.24, 2.45) is 0 Å². The number of rotatable bonds is 7. The van der Waals surface area contributed by atoms with Crippen LogP contribution >= 0.6 is 0 Å². The summed E-state index contributed by atoms with van der Waals surface area (Å²) in [7, 11) is 0. The highest BCUT2D eigenvalue weighted by atomic mass is 16.5. The molecule has 6 heteroatoms. The number of hydrogen-bond donors (Lipinski definition) is 2. The number of amides is 2. The maximum absolute atomic E-state index is 13.2. The van der Waals surface area contributed by atoms with E-state index in [1.807, 2.05) is 55.5 Å². The van der Waals surface area contributed by atoms with Crippen molar-refractivity contribution in [2.45, 2.75) is 31.8 Å². The number of nitrogens with one attached hydrogen (secondary N) is 2. The van der Waals surface area contributed by atoms with Crippen LogP contribution in [0.1, 0.15) is 29.3 Å². The van der Waals surface area contributed by atoms with E-state index in [1.165, 1.54) is 0 Å². The van der Waals surface area contributed by atoms with Gasteiger partial charge >= 0.3 is 0 Å². The molecule has 2 amide bonds. The summed E-state index contributed by atoms with van der Waals surface area (Å²) in [6.45, 7) is 5.23. The fourth-order valence-corrected chi connectivity index (χ4v) is 4.12. The standard InChI is InChI=1S/C27H31N3O3/c1-20-7-5-6-10-24(20)28-27(32)25(29-26(31)22-8-3-2-4-9-22)19-21-11-13-23(14-12-21)30-15-17-33-18-16-30/h2-9,11-14,24-25H,10,15-19H2,1H3,(H,28,32)(H,29,31). The van der Waals surface area contributed by atoms with Gasteiger partial charge in [-0.15, -0.1) is 0 Å². The summed E-state index contributed by atoms with van der Waals surface area (Å²) in [5.74, 6) is -0.430. The van der Waals surface area contributed by atoms with Gasteiger partial charge in [-0.05, 0) is 43.2 Å². The van der Waals surface area contributed by atoms with Crippen molar-refractivity contribution >= 4 is 17.5 Å². The fourth-order valence-electron chi connectivity index (χ4n) is 4.12. The monoisotopic (exact) mass is 445 g/mol. The Bertz CT molecular complexity index is 1010. The van der Waals surface area contributed by atoms with Gasteiger partial charge in [0.1, 0.15) is 6.04 Å². The van der Waals surface area contributed by atoms with Crippen LogP contribution in [0.15, 0.2) is 78.4 Å². The molecule has 1 saturated heterocycles. The lowest BCUT2D eigenvalue weighted by atomic mass is 9.98. The minimum absolute atomic E-state index is 0.0534. The lowest BCUT2D eigenvalue weighted by Gasteiger charge is -2.29. The Hall–Kier alpha value is -3.38. The van der Waals surface area contributed by atoms with E-state index >= 15 is 0 Å². The largest absolute Gasteiger partial charge is 0.378 e. The van der Waals surface area contributed by atoms with E-state index < -0.39 is 6.04 Å². The van der Waals surface area contributed by atoms with Crippen molar-refractivity contribution in [3.05, 3.63) is 89.5 Å². The Balaban J connectivity index is 1.47. The Morgan fingerprint density at radius 2 is 1.79 bits per heavy atom. The molecule has 0 aromatic heterocycles. The Labute approximate surface area is 195 Å². The van der Waals surface area contributed by atoms with Crippen LogP contribution in [0, 0.1) is 0 Å². The first-order chi connectivity index (χ1) is 16.1. The molecule has 1 fully saturated rings. The van der Waals surface area contributed by atoms with E-state index in [2.05, 4.69) is 27.7 Å². The van der Waals surface area contributed by atoms with Crippen LogP contribution in [0.4, 0.5) is 5.69 Å². The summed E-state index contributed by atoms with van der Waals surface area (Å²) < 4.78 is 5.43. The molecule has 0 spiro atoms. The first-order valence-corrected chi connectivity index (χ1v) is 11.5. The van der Waals surface area contributed by atoms with Crippen LogP contribution < -0.4 is 15.5 Å². The smallest absolute Gasteiger partial charge is 0.251 e. The Morgan fingerprint density at radius 1 is 1.06 bits per heavy atom. The predicted molar refractivity (Wildman–Crippen MR) is 130 cm³/mol. The third kappa shape index (κ3) is 6.11. The van der Waals surface area contributed by atoms with Gasteiger partial charge in [0.15, 0.2) is 0 Å². The normalized spacial score (nSPS) is 18.9. The maximum atomic E-state index is 13.2. The van der Waals surface area contributed by atoms with Gasteiger partial charge in [0, 0.05) is 30.8 Å². The van der Waals surface area contributed by atoms with Gasteiger partial charge in [-0.25, -0.2) is 0 Å². The number of morpholine rings is 1. The molecule has 1 aliphatic heterocycles. The minimum atomic E-state index is -0.675. The zero-order chi connectivity index (χ0) is 23.0. The van der Waals surface area contributed by atoms with Crippen LogP contribution in [0.25, 0.3) is 0 Å². The van der Waals surface area contributed by atoms with Crippen molar-refractivity contribution in [1.29, 1.82) is 0 Å². The van der Waals surface area contributed by atoms with Crippen molar-refractivity contribution in [3.63, 3.8) is 0 Å². The summed E-state index contributed by atoms with van der Waals surface area (Å²) >= 11 is 0. The predicted octanol–water partition coefficient (Wildman–Crippen LogP) is 3.26. The maximum Gasteiger partial charge on any atom is 0.251 e. The molecule has 4 rings (SSSR count). The molecule has 0 saturated carbocycles. The van der Waals surface area contributed by atoms with Gasteiger partial charge in [-0.2, -0.15) is 0 Å². The lowest BCUT2D eigenvalue weighted by molar-refractivity contribution is -0.123. The quantitative estimate of drug-likeness (QED) is 0.686. The van der Waals surface area contributed by atoms with Crippen molar-refractivity contribution in [3.8, 4) is 0 Å². The zero-order valence-electron chi connectivity index (χ0n) is 19.0. The molecule has 172 valence electrons. The molecule has 2 aliphatic rings. The number of carbonyl (C=O) groups excluding carboxylic acids is 2. The van der Waals surface area contributed by atoms with Crippen LogP contribution in [0.5, 0.6) is 0 Å². The molecule has 1 heterocycles. The number of carbonyl (C=O) groups is 2. The van der Waals surface area contributed by atoms with Crippen molar-refractivity contribution < 1.29 is 14.3 Å². The molecule has 2 aromatic rings. The van der Waals surface area contributed by atoms with Gasteiger partial charge in [-0.1, -0.05) is 54.1 Å². The molecule has 0 bridgehead atoms. The third-order valence-corrected chi connectivity index (χ3v) is 6.14. The minimum Gasteiger partial charge on any atom is -0.378 e. The summed E-state index contributed by atoms with van der Waals surface area (Å²) in [5, 5.41) is 6.06. The molecule has 0 radical (unpaired) electrons. The summed E-state index contributed by atoms with van der Waals surface area (Å²) in [6.07, 6.45) is 7.22. The second-order valence-electron chi connectivity index (χ2n) is 8.50. The van der Waals surface area contributed by atoms with E-state index in [0.29, 0.717) is 12.0 Å². The lowest BCUT2D eigenvalue weighted by Crippen LogP contribution is -2.51. The zero-order valence-corrected chi connectivity index (χ0v) is 19.0. The van der Waals surface area contributed by atoms with E-state index in [9.17, 15) is 9.59 Å². The van der Waals surface area contributed by atoms with Crippen LogP contribution in [-0.2, 0) is 16.0 Å². The second-order valence-corrected chi connectivity index (χ2v) is 8.50.